The van der Waals surface area contributed by atoms with Crippen molar-refractivity contribution >= 4 is 18.1 Å². The Bertz CT molecular complexity index is 433. The number of oxazole rings is 1. The molecule has 1 aromatic rings. The van der Waals surface area contributed by atoms with Gasteiger partial charge in [-0.1, -0.05) is 0 Å². The van der Waals surface area contributed by atoms with Gasteiger partial charge in [-0.2, -0.15) is 0 Å². The van der Waals surface area contributed by atoms with E-state index >= 15 is 0 Å². The second kappa shape index (κ2) is 5.52. The van der Waals surface area contributed by atoms with Crippen LogP contribution in [0.2, 0.25) is 0 Å². The van der Waals surface area contributed by atoms with Crippen molar-refractivity contribution in [2.45, 2.75) is 33.3 Å². The molecule has 1 rings (SSSR count). The van der Waals surface area contributed by atoms with Crippen LogP contribution in [0.4, 0.5) is 10.8 Å². The summed E-state index contributed by atoms with van der Waals surface area (Å²) in [5.41, 5.74) is -0.624. The van der Waals surface area contributed by atoms with Crippen LogP contribution in [0, 0.1) is 0 Å². The Labute approximate surface area is 104 Å². The fourth-order valence-electron chi connectivity index (χ4n) is 1.02. The highest BCUT2D eigenvalue weighted by Crippen LogP contribution is 2.13. The van der Waals surface area contributed by atoms with Gasteiger partial charge in [0.05, 0.1) is 12.8 Å². The summed E-state index contributed by atoms with van der Waals surface area (Å²) in [6, 6.07) is -0.118. The van der Waals surface area contributed by atoms with E-state index in [4.69, 9.17) is 13.9 Å². The van der Waals surface area contributed by atoms with Crippen molar-refractivity contribution in [3.05, 3.63) is 12.0 Å². The molecule has 0 radical (unpaired) electrons. The number of carbonyl (C=O) groups excluding carboxylic acids is 2. The molecular weight excluding hydrogens is 240 g/mol. The molecule has 0 saturated heterocycles. The molecule has 1 heterocycles. The van der Waals surface area contributed by atoms with E-state index in [1.807, 2.05) is 0 Å². The van der Waals surface area contributed by atoms with E-state index < -0.39 is 17.7 Å². The number of carbonyl (C=O) groups is 2. The van der Waals surface area contributed by atoms with Crippen molar-refractivity contribution in [1.29, 1.82) is 0 Å². The van der Waals surface area contributed by atoms with Crippen LogP contribution in [0.3, 0.4) is 0 Å². The molecule has 0 spiro atoms. The lowest BCUT2D eigenvalue weighted by atomic mass is 10.2. The molecule has 0 aliphatic rings. The molecule has 0 aliphatic heterocycles. The van der Waals surface area contributed by atoms with Gasteiger partial charge in [-0.15, -0.1) is 0 Å². The van der Waals surface area contributed by atoms with E-state index in [0.29, 0.717) is 0 Å². The van der Waals surface area contributed by atoms with Crippen LogP contribution in [-0.2, 0) is 9.47 Å². The van der Waals surface area contributed by atoms with Gasteiger partial charge in [0.15, 0.2) is 0 Å². The molecule has 1 N–H and O–H groups in total. The topological polar surface area (TPSA) is 90.7 Å². The third kappa shape index (κ3) is 4.44. The van der Waals surface area contributed by atoms with Crippen LogP contribution in [0.5, 0.6) is 0 Å². The summed E-state index contributed by atoms with van der Waals surface area (Å²) in [4.78, 5) is 26.4. The van der Waals surface area contributed by atoms with Gasteiger partial charge in [0.25, 0.3) is 0 Å². The average Bonchev–Trinajstić information content (AvgIpc) is 2.63. The van der Waals surface area contributed by atoms with E-state index in [2.05, 4.69) is 10.3 Å². The molecule has 0 fully saturated rings. The lowest BCUT2D eigenvalue weighted by Crippen LogP contribution is -2.27. The normalized spacial score (nSPS) is 10.9. The number of hydrogen-bond donors (Lipinski definition) is 1. The molecule has 100 valence electrons. The Balaban J connectivity index is 2.59. The van der Waals surface area contributed by atoms with E-state index in [1.54, 1.807) is 27.7 Å². The van der Waals surface area contributed by atoms with Crippen molar-refractivity contribution in [2.24, 2.45) is 0 Å². The largest absolute Gasteiger partial charge is 0.460 e. The van der Waals surface area contributed by atoms with Gasteiger partial charge in [0.1, 0.15) is 5.60 Å². The number of hydrogen-bond acceptors (Lipinski definition) is 6. The summed E-state index contributed by atoms with van der Waals surface area (Å²) in [6.45, 7) is 7.09. The van der Waals surface area contributed by atoms with Gasteiger partial charge in [0, 0.05) is 0 Å². The number of aromatic nitrogens is 1. The molecule has 1 amide bonds. The number of rotatable bonds is 3. The SMILES string of the molecule is CCOC(=O)c1cnc(NC(=O)OC(C)(C)C)o1. The molecule has 0 aliphatic carbocycles. The first kappa shape index (κ1) is 14.0. The predicted molar refractivity (Wildman–Crippen MR) is 62.3 cm³/mol. The Hall–Kier alpha value is -2.05. The molecule has 0 atom stereocenters. The number of esters is 1. The van der Waals surface area contributed by atoms with E-state index in [-0.39, 0.29) is 18.4 Å². The summed E-state index contributed by atoms with van der Waals surface area (Å²) in [7, 11) is 0. The average molecular weight is 256 g/mol. The summed E-state index contributed by atoms with van der Waals surface area (Å²) in [5, 5.41) is 2.27. The standard InChI is InChI=1S/C11H16N2O5/c1-5-16-8(14)7-6-12-9(17-7)13-10(15)18-11(2,3)4/h6H,5H2,1-4H3,(H,12,13,15). The fraction of sp³-hybridized carbons (Fsp3) is 0.545. The van der Waals surface area contributed by atoms with Gasteiger partial charge < -0.3 is 13.9 Å². The highest BCUT2D eigenvalue weighted by molar-refractivity contribution is 5.87. The number of ether oxygens (including phenoxy) is 2. The summed E-state index contributed by atoms with van der Waals surface area (Å²) >= 11 is 0. The quantitative estimate of drug-likeness (QED) is 0.833. The maximum atomic E-state index is 11.4. The minimum absolute atomic E-state index is 0.0806. The van der Waals surface area contributed by atoms with Crippen molar-refractivity contribution in [3.8, 4) is 0 Å². The maximum absolute atomic E-state index is 11.4. The Morgan fingerprint density at radius 2 is 2.11 bits per heavy atom. The van der Waals surface area contributed by atoms with E-state index in [1.165, 1.54) is 6.20 Å². The summed E-state index contributed by atoms with van der Waals surface area (Å²) in [5.74, 6) is -0.717. The molecule has 0 saturated carbocycles. The molecule has 0 aromatic carbocycles. The highest BCUT2D eigenvalue weighted by atomic mass is 16.6. The number of nitrogens with zero attached hydrogens (tertiary/aromatic N) is 1. The van der Waals surface area contributed by atoms with Gasteiger partial charge in [0.2, 0.25) is 5.76 Å². The van der Waals surface area contributed by atoms with Crippen molar-refractivity contribution in [1.82, 2.24) is 4.98 Å². The number of anilines is 1. The second-order valence-electron chi connectivity index (χ2n) is 4.38. The lowest BCUT2D eigenvalue weighted by Gasteiger charge is -2.18. The van der Waals surface area contributed by atoms with Gasteiger partial charge in [-0.3, -0.25) is 0 Å². The van der Waals surface area contributed by atoms with Crippen molar-refractivity contribution < 1.29 is 23.5 Å². The second-order valence-corrected chi connectivity index (χ2v) is 4.38. The third-order valence-electron chi connectivity index (χ3n) is 1.59. The predicted octanol–water partition coefficient (Wildman–Crippen LogP) is 2.20. The molecule has 0 bridgehead atoms. The zero-order valence-corrected chi connectivity index (χ0v) is 10.8. The minimum Gasteiger partial charge on any atom is -0.460 e. The van der Waals surface area contributed by atoms with Gasteiger partial charge in [-0.25, -0.2) is 19.9 Å². The molecule has 1 aromatic heterocycles. The van der Waals surface area contributed by atoms with Gasteiger partial charge in [-0.05, 0) is 27.7 Å². The van der Waals surface area contributed by atoms with Crippen LogP contribution in [0.1, 0.15) is 38.2 Å². The van der Waals surface area contributed by atoms with Crippen LogP contribution in [-0.4, -0.2) is 29.3 Å². The molecule has 7 nitrogen and oxygen atoms in total. The van der Waals surface area contributed by atoms with E-state index in [0.717, 1.165) is 0 Å². The monoisotopic (exact) mass is 256 g/mol. The zero-order chi connectivity index (χ0) is 13.8. The first-order chi connectivity index (χ1) is 8.31. The molecule has 7 heteroatoms. The summed E-state index contributed by atoms with van der Waals surface area (Å²) < 4.78 is 14.7. The zero-order valence-electron chi connectivity index (χ0n) is 10.8. The van der Waals surface area contributed by atoms with Gasteiger partial charge >= 0.3 is 18.1 Å². The Morgan fingerprint density at radius 3 is 2.67 bits per heavy atom. The maximum Gasteiger partial charge on any atom is 0.415 e. The summed E-state index contributed by atoms with van der Waals surface area (Å²) in [6.07, 6.45) is 0.463. The lowest BCUT2D eigenvalue weighted by molar-refractivity contribution is 0.0487. The molecule has 0 unspecified atom stereocenters. The van der Waals surface area contributed by atoms with Crippen LogP contribution in [0.15, 0.2) is 10.6 Å². The fourth-order valence-corrected chi connectivity index (χ4v) is 1.02. The Kier molecular flexibility index (Phi) is 4.30. The smallest absolute Gasteiger partial charge is 0.415 e. The highest BCUT2D eigenvalue weighted by Gasteiger charge is 2.19. The van der Waals surface area contributed by atoms with Crippen molar-refractivity contribution in [2.75, 3.05) is 11.9 Å². The number of nitrogens with one attached hydrogen (secondary N) is 1. The van der Waals surface area contributed by atoms with Crippen LogP contribution < -0.4 is 5.32 Å². The Morgan fingerprint density at radius 1 is 1.44 bits per heavy atom. The van der Waals surface area contributed by atoms with E-state index in [9.17, 15) is 9.59 Å². The first-order valence-electron chi connectivity index (χ1n) is 5.45. The third-order valence-corrected chi connectivity index (χ3v) is 1.59. The minimum atomic E-state index is -0.709. The van der Waals surface area contributed by atoms with Crippen LogP contribution >= 0.6 is 0 Å². The van der Waals surface area contributed by atoms with Crippen LogP contribution in [0.25, 0.3) is 0 Å². The molecule has 18 heavy (non-hydrogen) atoms. The molecular formula is C11H16N2O5. The number of amides is 1. The first-order valence-corrected chi connectivity index (χ1v) is 5.45. The van der Waals surface area contributed by atoms with Crippen molar-refractivity contribution in [3.63, 3.8) is 0 Å².